The van der Waals surface area contributed by atoms with Crippen LogP contribution in [0.4, 0.5) is 0 Å². The van der Waals surface area contributed by atoms with E-state index in [2.05, 4.69) is 4.98 Å². The minimum atomic E-state index is 0.0148. The van der Waals surface area contributed by atoms with E-state index < -0.39 is 0 Å². The number of nitrogens with zero attached hydrogens (tertiary/aromatic N) is 2. The smallest absolute Gasteiger partial charge is 0.265 e. The Morgan fingerprint density at radius 2 is 2.24 bits per heavy atom. The second-order valence-electron chi connectivity index (χ2n) is 5.16. The SMILES string of the molecule is N[C@H]1CCCN(C(=O)c2cnc(-c3ccccc3Cl)s2)C1. The second kappa shape index (κ2) is 6.13. The molecule has 0 unspecified atom stereocenters. The highest BCUT2D eigenvalue weighted by atomic mass is 35.5. The van der Waals surface area contributed by atoms with Gasteiger partial charge in [-0.25, -0.2) is 4.98 Å². The number of nitrogens with two attached hydrogens (primary N) is 1. The summed E-state index contributed by atoms with van der Waals surface area (Å²) >= 11 is 7.55. The van der Waals surface area contributed by atoms with Gasteiger partial charge in [-0.15, -0.1) is 11.3 Å². The Hall–Kier alpha value is -1.43. The van der Waals surface area contributed by atoms with Crippen molar-refractivity contribution in [3.8, 4) is 10.6 Å². The molecule has 3 rings (SSSR count). The molecule has 110 valence electrons. The Kier molecular flexibility index (Phi) is 4.24. The fourth-order valence-electron chi connectivity index (χ4n) is 2.48. The number of hydrogen-bond acceptors (Lipinski definition) is 4. The van der Waals surface area contributed by atoms with E-state index in [0.29, 0.717) is 16.4 Å². The maximum Gasteiger partial charge on any atom is 0.265 e. The van der Waals surface area contributed by atoms with Crippen LogP contribution in [-0.4, -0.2) is 34.9 Å². The van der Waals surface area contributed by atoms with E-state index in [1.54, 1.807) is 6.20 Å². The Morgan fingerprint density at radius 3 is 3.00 bits per heavy atom. The maximum atomic E-state index is 12.5. The van der Waals surface area contributed by atoms with Crippen molar-refractivity contribution in [2.75, 3.05) is 13.1 Å². The molecule has 1 amide bonds. The molecule has 1 aromatic carbocycles. The predicted octanol–water partition coefficient (Wildman–Crippen LogP) is 3.03. The van der Waals surface area contributed by atoms with Crippen LogP contribution in [-0.2, 0) is 0 Å². The van der Waals surface area contributed by atoms with Crippen molar-refractivity contribution in [1.82, 2.24) is 9.88 Å². The van der Waals surface area contributed by atoms with Gasteiger partial charge in [0.2, 0.25) is 0 Å². The fourth-order valence-corrected chi connectivity index (χ4v) is 3.69. The maximum absolute atomic E-state index is 12.5. The van der Waals surface area contributed by atoms with E-state index in [-0.39, 0.29) is 11.9 Å². The van der Waals surface area contributed by atoms with E-state index in [1.165, 1.54) is 11.3 Å². The van der Waals surface area contributed by atoms with E-state index in [1.807, 2.05) is 29.2 Å². The van der Waals surface area contributed by atoms with E-state index in [0.717, 1.165) is 30.0 Å². The van der Waals surface area contributed by atoms with E-state index in [4.69, 9.17) is 17.3 Å². The normalized spacial score (nSPS) is 18.8. The zero-order valence-electron chi connectivity index (χ0n) is 11.5. The molecule has 0 radical (unpaired) electrons. The third-order valence-corrected chi connectivity index (χ3v) is 4.91. The van der Waals surface area contributed by atoms with Crippen LogP contribution in [0.5, 0.6) is 0 Å². The molecule has 0 bridgehead atoms. The molecule has 1 aliphatic heterocycles. The summed E-state index contributed by atoms with van der Waals surface area (Å²) < 4.78 is 0. The summed E-state index contributed by atoms with van der Waals surface area (Å²) in [6.07, 6.45) is 3.58. The Labute approximate surface area is 132 Å². The lowest BCUT2D eigenvalue weighted by Gasteiger charge is -2.30. The van der Waals surface area contributed by atoms with Crippen molar-refractivity contribution >= 4 is 28.8 Å². The molecule has 2 aromatic rings. The quantitative estimate of drug-likeness (QED) is 0.925. The zero-order chi connectivity index (χ0) is 14.8. The predicted molar refractivity (Wildman–Crippen MR) is 85.7 cm³/mol. The van der Waals surface area contributed by atoms with Crippen LogP contribution in [0.2, 0.25) is 5.02 Å². The molecule has 2 N–H and O–H groups in total. The molecule has 1 fully saturated rings. The average Bonchev–Trinajstić information content (AvgIpc) is 2.96. The van der Waals surface area contributed by atoms with Gasteiger partial charge in [-0.3, -0.25) is 4.79 Å². The van der Waals surface area contributed by atoms with Crippen molar-refractivity contribution in [2.24, 2.45) is 5.73 Å². The number of halogens is 1. The molecule has 2 heterocycles. The average molecular weight is 322 g/mol. The number of aromatic nitrogens is 1. The second-order valence-corrected chi connectivity index (χ2v) is 6.60. The van der Waals surface area contributed by atoms with Crippen molar-refractivity contribution < 1.29 is 4.79 Å². The first-order valence-electron chi connectivity index (χ1n) is 6.91. The number of hydrogen-bond donors (Lipinski definition) is 1. The van der Waals surface area contributed by atoms with Gasteiger partial charge in [0.05, 0.1) is 11.2 Å². The van der Waals surface area contributed by atoms with E-state index in [9.17, 15) is 4.79 Å². The topological polar surface area (TPSA) is 59.2 Å². The third-order valence-electron chi connectivity index (χ3n) is 3.57. The minimum Gasteiger partial charge on any atom is -0.336 e. The van der Waals surface area contributed by atoms with Crippen LogP contribution >= 0.6 is 22.9 Å². The lowest BCUT2D eigenvalue weighted by Crippen LogP contribution is -2.45. The monoisotopic (exact) mass is 321 g/mol. The van der Waals surface area contributed by atoms with Crippen molar-refractivity contribution in [1.29, 1.82) is 0 Å². The first-order chi connectivity index (χ1) is 10.1. The zero-order valence-corrected chi connectivity index (χ0v) is 13.0. The Morgan fingerprint density at radius 1 is 1.43 bits per heavy atom. The molecular formula is C15H16ClN3OS. The van der Waals surface area contributed by atoms with Crippen LogP contribution in [0.25, 0.3) is 10.6 Å². The van der Waals surface area contributed by atoms with Gasteiger partial charge in [-0.1, -0.05) is 29.8 Å². The fraction of sp³-hybridized carbons (Fsp3) is 0.333. The summed E-state index contributed by atoms with van der Waals surface area (Å²) in [5.41, 5.74) is 6.79. The number of likely N-dealkylation sites (tertiary alicyclic amines) is 1. The van der Waals surface area contributed by atoms with Crippen LogP contribution < -0.4 is 5.73 Å². The number of benzene rings is 1. The molecule has 0 saturated carbocycles. The van der Waals surface area contributed by atoms with Gasteiger partial charge in [0.15, 0.2) is 0 Å². The van der Waals surface area contributed by atoms with Crippen molar-refractivity contribution in [3.63, 3.8) is 0 Å². The van der Waals surface area contributed by atoms with Crippen LogP contribution in [0.1, 0.15) is 22.5 Å². The van der Waals surface area contributed by atoms with Gasteiger partial charge in [0.25, 0.3) is 5.91 Å². The summed E-state index contributed by atoms with van der Waals surface area (Å²) in [4.78, 5) is 19.3. The minimum absolute atomic E-state index is 0.0148. The lowest BCUT2D eigenvalue weighted by molar-refractivity contribution is 0.0713. The van der Waals surface area contributed by atoms with E-state index >= 15 is 0 Å². The standard InChI is InChI=1S/C15H16ClN3OS/c16-12-6-2-1-5-11(12)14-18-8-13(21-14)15(20)19-7-3-4-10(17)9-19/h1-2,5-6,8,10H,3-4,7,9,17H2/t10-/m0/s1. The molecule has 1 aliphatic rings. The van der Waals surface area contributed by atoms with Gasteiger partial charge < -0.3 is 10.6 Å². The summed E-state index contributed by atoms with van der Waals surface area (Å²) in [6.45, 7) is 1.39. The molecule has 1 atom stereocenters. The molecule has 4 nitrogen and oxygen atoms in total. The van der Waals surface area contributed by atoms with Crippen LogP contribution in [0.15, 0.2) is 30.5 Å². The van der Waals surface area contributed by atoms with Gasteiger partial charge in [0.1, 0.15) is 9.88 Å². The highest BCUT2D eigenvalue weighted by molar-refractivity contribution is 7.17. The molecule has 21 heavy (non-hydrogen) atoms. The first kappa shape index (κ1) is 14.5. The third kappa shape index (κ3) is 3.10. The number of rotatable bonds is 2. The molecular weight excluding hydrogens is 306 g/mol. The molecule has 1 saturated heterocycles. The number of amides is 1. The summed E-state index contributed by atoms with van der Waals surface area (Å²) in [6, 6.07) is 7.60. The summed E-state index contributed by atoms with van der Waals surface area (Å²) in [7, 11) is 0. The van der Waals surface area contributed by atoms with Gasteiger partial charge in [-0.05, 0) is 18.9 Å². The Bertz CT molecular complexity index is 658. The first-order valence-corrected chi connectivity index (χ1v) is 8.10. The highest BCUT2D eigenvalue weighted by Crippen LogP contribution is 2.31. The molecule has 6 heteroatoms. The van der Waals surface area contributed by atoms with Gasteiger partial charge in [0, 0.05) is 24.7 Å². The molecule has 1 aromatic heterocycles. The van der Waals surface area contributed by atoms with Gasteiger partial charge >= 0.3 is 0 Å². The number of piperidine rings is 1. The van der Waals surface area contributed by atoms with Crippen molar-refractivity contribution in [3.05, 3.63) is 40.4 Å². The number of carbonyl (C=O) groups is 1. The Balaban J connectivity index is 1.82. The van der Waals surface area contributed by atoms with Crippen molar-refractivity contribution in [2.45, 2.75) is 18.9 Å². The number of thiazole rings is 1. The lowest BCUT2D eigenvalue weighted by atomic mass is 10.1. The summed E-state index contributed by atoms with van der Waals surface area (Å²) in [5, 5.41) is 1.41. The van der Waals surface area contributed by atoms with Gasteiger partial charge in [-0.2, -0.15) is 0 Å². The molecule has 0 aliphatic carbocycles. The number of carbonyl (C=O) groups excluding carboxylic acids is 1. The molecule has 0 spiro atoms. The van der Waals surface area contributed by atoms with Crippen LogP contribution in [0, 0.1) is 0 Å². The largest absolute Gasteiger partial charge is 0.336 e. The highest BCUT2D eigenvalue weighted by Gasteiger charge is 2.24. The van der Waals surface area contributed by atoms with Crippen LogP contribution in [0.3, 0.4) is 0 Å². The summed E-state index contributed by atoms with van der Waals surface area (Å²) in [5.74, 6) is 0.0148.